The zero-order valence-electron chi connectivity index (χ0n) is 15.3. The summed E-state index contributed by atoms with van der Waals surface area (Å²) in [4.78, 5) is 59.5. The fraction of sp³-hybridized carbons (Fsp3) is 0.143. The van der Waals surface area contributed by atoms with Crippen molar-refractivity contribution in [3.05, 3.63) is 72.2 Å². The molecule has 0 saturated heterocycles. The van der Waals surface area contributed by atoms with Gasteiger partial charge < -0.3 is 0 Å². The van der Waals surface area contributed by atoms with E-state index in [1.165, 1.54) is 9.80 Å². The number of carbonyl (C=O) groups excluding carboxylic acids is 4. The van der Waals surface area contributed by atoms with Crippen molar-refractivity contribution in [3.63, 3.8) is 0 Å². The fourth-order valence-corrected chi connectivity index (χ4v) is 3.12. The third-order valence-electron chi connectivity index (χ3n) is 4.57. The standard InChI is InChI=1S/C21H16N4O4/c26-18-14(20(28)24-12-6-4-10-16(24)22-18)8-2-1-3-9-15-19(27)23-17-11-5-7-13-25(17)21(15)29/h4-13H,1-3H2/b14-8-,15-9-. The molecule has 0 unspecified atom stereocenters. The van der Waals surface area contributed by atoms with Crippen LogP contribution in [0.3, 0.4) is 0 Å². The second-order valence-corrected chi connectivity index (χ2v) is 6.47. The molecular formula is C21H16N4O4. The number of amides is 4. The summed E-state index contributed by atoms with van der Waals surface area (Å²) in [5.41, 5.74) is 0.0383. The molecule has 0 aromatic carbocycles. The van der Waals surface area contributed by atoms with E-state index >= 15 is 0 Å². The van der Waals surface area contributed by atoms with Gasteiger partial charge in [0.25, 0.3) is 23.6 Å². The Balaban J connectivity index is 1.40. The summed E-state index contributed by atoms with van der Waals surface area (Å²) in [6.45, 7) is 0. The number of aliphatic imine (C=N–C) groups is 2. The number of nitrogens with zero attached hydrogens (tertiary/aromatic N) is 4. The number of carbonyl (C=O) groups is 4. The summed E-state index contributed by atoms with van der Waals surface area (Å²) in [6, 6.07) is 0. The molecule has 0 bridgehead atoms. The molecule has 0 atom stereocenters. The molecule has 4 amide bonds. The van der Waals surface area contributed by atoms with Gasteiger partial charge in [-0.3, -0.25) is 29.0 Å². The first-order valence-electron chi connectivity index (χ1n) is 9.09. The van der Waals surface area contributed by atoms with Crippen LogP contribution in [0.5, 0.6) is 0 Å². The summed E-state index contributed by atoms with van der Waals surface area (Å²) < 4.78 is 0. The summed E-state index contributed by atoms with van der Waals surface area (Å²) in [6.07, 6.45) is 17.6. The van der Waals surface area contributed by atoms with Gasteiger partial charge in [-0.2, -0.15) is 9.98 Å². The SMILES string of the molecule is O=C1N=C2C=CC=CN2C(=O)/C1=C\CCC/C=C1/C(=O)N=C2C=CC=CN2C1=O. The molecule has 0 aromatic rings. The van der Waals surface area contributed by atoms with E-state index in [1.54, 1.807) is 61.0 Å². The van der Waals surface area contributed by atoms with Gasteiger partial charge in [0.05, 0.1) is 0 Å². The minimum absolute atomic E-state index is 0.0191. The van der Waals surface area contributed by atoms with Gasteiger partial charge in [0.1, 0.15) is 22.8 Å². The molecule has 29 heavy (non-hydrogen) atoms. The Kier molecular flexibility index (Phi) is 4.82. The maximum Gasteiger partial charge on any atom is 0.284 e. The molecule has 4 aliphatic rings. The number of allylic oxidation sites excluding steroid dienone is 6. The van der Waals surface area contributed by atoms with Crippen molar-refractivity contribution in [3.8, 4) is 0 Å². The first kappa shape index (κ1) is 18.4. The monoisotopic (exact) mass is 388 g/mol. The largest absolute Gasteiger partial charge is 0.284 e. The predicted octanol–water partition coefficient (Wildman–Crippen LogP) is 1.71. The number of hydrogen-bond donors (Lipinski definition) is 0. The van der Waals surface area contributed by atoms with Gasteiger partial charge in [-0.15, -0.1) is 0 Å². The third-order valence-corrected chi connectivity index (χ3v) is 4.57. The van der Waals surface area contributed by atoms with Crippen molar-refractivity contribution in [1.82, 2.24) is 9.80 Å². The van der Waals surface area contributed by atoms with E-state index in [0.29, 0.717) is 30.9 Å². The molecule has 0 N–H and O–H groups in total. The Morgan fingerprint density at radius 2 is 1.14 bits per heavy atom. The number of amidine groups is 2. The first-order valence-corrected chi connectivity index (χ1v) is 9.09. The van der Waals surface area contributed by atoms with Gasteiger partial charge in [0.15, 0.2) is 0 Å². The number of hydrogen-bond acceptors (Lipinski definition) is 4. The van der Waals surface area contributed by atoms with Crippen molar-refractivity contribution < 1.29 is 19.2 Å². The molecule has 4 rings (SSSR count). The van der Waals surface area contributed by atoms with Crippen LogP contribution in [0.2, 0.25) is 0 Å². The summed E-state index contributed by atoms with van der Waals surface area (Å²) >= 11 is 0. The molecule has 4 aliphatic heterocycles. The molecule has 0 radical (unpaired) electrons. The van der Waals surface area contributed by atoms with Crippen LogP contribution in [0, 0.1) is 0 Å². The lowest BCUT2D eigenvalue weighted by atomic mass is 10.1. The van der Waals surface area contributed by atoms with E-state index in [9.17, 15) is 19.2 Å². The van der Waals surface area contributed by atoms with Crippen LogP contribution in [0.15, 0.2) is 82.1 Å². The van der Waals surface area contributed by atoms with Crippen LogP contribution in [-0.4, -0.2) is 45.1 Å². The molecule has 0 spiro atoms. The molecule has 144 valence electrons. The Hall–Kier alpha value is -3.94. The Morgan fingerprint density at radius 3 is 1.59 bits per heavy atom. The lowest BCUT2D eigenvalue weighted by molar-refractivity contribution is -0.127. The van der Waals surface area contributed by atoms with Crippen molar-refractivity contribution >= 4 is 35.3 Å². The first-order chi connectivity index (χ1) is 14.1. The molecular weight excluding hydrogens is 372 g/mol. The predicted molar refractivity (Wildman–Crippen MR) is 105 cm³/mol. The van der Waals surface area contributed by atoms with Gasteiger partial charge in [-0.1, -0.05) is 24.3 Å². The molecule has 0 fully saturated rings. The highest BCUT2D eigenvalue weighted by Gasteiger charge is 2.32. The van der Waals surface area contributed by atoms with E-state index in [-0.39, 0.29) is 11.1 Å². The van der Waals surface area contributed by atoms with E-state index in [4.69, 9.17) is 0 Å². The highest BCUT2D eigenvalue weighted by molar-refractivity contribution is 6.31. The van der Waals surface area contributed by atoms with E-state index in [0.717, 1.165) is 0 Å². The van der Waals surface area contributed by atoms with Crippen molar-refractivity contribution in [2.24, 2.45) is 9.98 Å². The van der Waals surface area contributed by atoms with Gasteiger partial charge >= 0.3 is 0 Å². The van der Waals surface area contributed by atoms with Crippen molar-refractivity contribution in [1.29, 1.82) is 0 Å². The van der Waals surface area contributed by atoms with E-state index in [2.05, 4.69) is 9.98 Å². The van der Waals surface area contributed by atoms with Crippen LogP contribution in [0.25, 0.3) is 0 Å². The summed E-state index contributed by atoms with van der Waals surface area (Å²) in [5, 5.41) is 0. The van der Waals surface area contributed by atoms with E-state index < -0.39 is 23.6 Å². The summed E-state index contributed by atoms with van der Waals surface area (Å²) in [5.74, 6) is -1.35. The highest BCUT2D eigenvalue weighted by Crippen LogP contribution is 2.19. The third kappa shape index (κ3) is 3.47. The Bertz CT molecular complexity index is 982. The zero-order valence-corrected chi connectivity index (χ0v) is 15.3. The van der Waals surface area contributed by atoms with E-state index in [1.807, 2.05) is 0 Å². The average molecular weight is 388 g/mol. The quantitative estimate of drug-likeness (QED) is 0.416. The second kappa shape index (κ2) is 7.59. The molecule has 0 aromatic heterocycles. The van der Waals surface area contributed by atoms with Gasteiger partial charge in [-0.05, 0) is 43.6 Å². The molecule has 8 heteroatoms. The van der Waals surface area contributed by atoms with Crippen molar-refractivity contribution in [2.45, 2.75) is 19.3 Å². The fourth-order valence-electron chi connectivity index (χ4n) is 3.12. The topological polar surface area (TPSA) is 99.5 Å². The average Bonchev–Trinajstić information content (AvgIpc) is 2.72. The highest BCUT2D eigenvalue weighted by atomic mass is 16.2. The van der Waals surface area contributed by atoms with Crippen LogP contribution in [0.1, 0.15) is 19.3 Å². The van der Waals surface area contributed by atoms with Crippen molar-refractivity contribution in [2.75, 3.05) is 0 Å². The summed E-state index contributed by atoms with van der Waals surface area (Å²) in [7, 11) is 0. The molecule has 4 heterocycles. The normalized spacial score (nSPS) is 23.0. The maximum atomic E-state index is 12.4. The van der Waals surface area contributed by atoms with Crippen LogP contribution in [-0.2, 0) is 19.2 Å². The van der Waals surface area contributed by atoms with Gasteiger partial charge in [0.2, 0.25) is 0 Å². The van der Waals surface area contributed by atoms with Gasteiger partial charge in [-0.25, -0.2) is 0 Å². The molecule has 0 saturated carbocycles. The zero-order chi connectivity index (χ0) is 20.4. The Labute approximate surface area is 166 Å². The maximum absolute atomic E-state index is 12.4. The number of unbranched alkanes of at least 4 members (excludes halogenated alkanes) is 2. The Morgan fingerprint density at radius 1 is 0.690 bits per heavy atom. The van der Waals surface area contributed by atoms with Crippen LogP contribution >= 0.6 is 0 Å². The minimum Gasteiger partial charge on any atom is -0.268 e. The number of fused-ring (bicyclic) bond motifs is 2. The smallest absolute Gasteiger partial charge is 0.268 e. The van der Waals surface area contributed by atoms with Crippen LogP contribution in [0.4, 0.5) is 0 Å². The second-order valence-electron chi connectivity index (χ2n) is 6.47. The lowest BCUT2D eigenvalue weighted by Gasteiger charge is -2.24. The molecule has 0 aliphatic carbocycles. The minimum atomic E-state index is -0.566. The molecule has 8 nitrogen and oxygen atoms in total. The number of rotatable bonds is 4. The van der Waals surface area contributed by atoms with Gasteiger partial charge in [0, 0.05) is 12.4 Å². The van der Waals surface area contributed by atoms with Crippen LogP contribution < -0.4 is 0 Å². The lowest BCUT2D eigenvalue weighted by Crippen LogP contribution is -2.39.